The summed E-state index contributed by atoms with van der Waals surface area (Å²) < 4.78 is 20.3. The number of carbonyl (C=O) groups excluding carboxylic acids is 3. The van der Waals surface area contributed by atoms with E-state index < -0.39 is 18.8 Å². The topological polar surface area (TPSA) is 80.8 Å². The minimum absolute atomic E-state index is 0.115. The number of likely N-dealkylation sites (N-methyl/N-ethyl adjacent to an activating group) is 1. The second-order valence-electron chi connectivity index (χ2n) is 9.22. The van der Waals surface area contributed by atoms with Crippen molar-refractivity contribution < 1.29 is 23.7 Å². The van der Waals surface area contributed by atoms with Crippen molar-refractivity contribution in [1.82, 2.24) is 4.90 Å². The lowest BCUT2D eigenvalue weighted by atomic mass is 9.89. The van der Waals surface area contributed by atoms with Crippen LogP contribution in [0.25, 0.3) is 0 Å². The number of morpholine rings is 1. The van der Waals surface area contributed by atoms with Crippen molar-refractivity contribution in [3.8, 4) is 0 Å². The highest BCUT2D eigenvalue weighted by atomic mass is 31.2. The van der Waals surface area contributed by atoms with E-state index in [4.69, 9.17) is 4.74 Å². The first-order valence-electron chi connectivity index (χ1n) is 11.9. The van der Waals surface area contributed by atoms with Gasteiger partial charge in [-0.15, -0.1) is 0 Å². The second kappa shape index (κ2) is 10.3. The van der Waals surface area contributed by atoms with Gasteiger partial charge >= 0.3 is 0 Å². The Hall–Kier alpha value is -3.34. The van der Waals surface area contributed by atoms with Gasteiger partial charge in [-0.2, -0.15) is 0 Å². The van der Waals surface area contributed by atoms with Crippen molar-refractivity contribution in [2.75, 3.05) is 20.2 Å². The maximum Gasteiger partial charge on any atom is 0.251 e. The van der Waals surface area contributed by atoms with Crippen LogP contribution in [0.15, 0.2) is 66.7 Å². The molecule has 0 spiro atoms. The Morgan fingerprint density at radius 2 is 1.44 bits per heavy atom. The zero-order chi connectivity index (χ0) is 26.0. The summed E-state index contributed by atoms with van der Waals surface area (Å²) in [5.74, 6) is -0.507. The SMILES string of the molecule is Cc1cc(C)c(C(=O)P(=O)(c2ccccc2)c2ccccc2)c(C)c1C(=O)CC1OCCN(C)C1=O. The first kappa shape index (κ1) is 25.7. The molecule has 3 aromatic carbocycles. The number of aryl methyl sites for hydroxylation is 2. The number of Topliss-reactive ketones (excluding diaryl/α,β-unsaturated/α-hetero) is 1. The molecule has 1 aliphatic heterocycles. The van der Waals surface area contributed by atoms with Gasteiger partial charge in [0.25, 0.3) is 5.91 Å². The van der Waals surface area contributed by atoms with E-state index in [0.717, 1.165) is 0 Å². The molecule has 0 bridgehead atoms. The maximum atomic E-state index is 14.7. The van der Waals surface area contributed by atoms with Crippen molar-refractivity contribution in [3.05, 3.63) is 94.5 Å². The molecule has 1 amide bonds. The van der Waals surface area contributed by atoms with E-state index in [0.29, 0.717) is 46.0 Å². The van der Waals surface area contributed by atoms with E-state index in [1.165, 1.54) is 0 Å². The van der Waals surface area contributed by atoms with Gasteiger partial charge < -0.3 is 14.2 Å². The molecule has 186 valence electrons. The third-order valence-corrected chi connectivity index (χ3v) is 9.60. The average molecular weight is 504 g/mol. The molecule has 0 radical (unpaired) electrons. The van der Waals surface area contributed by atoms with Crippen LogP contribution in [0, 0.1) is 20.8 Å². The lowest BCUT2D eigenvalue weighted by Gasteiger charge is -2.29. The zero-order valence-corrected chi connectivity index (χ0v) is 21.9. The Balaban J connectivity index is 1.81. The van der Waals surface area contributed by atoms with Crippen LogP contribution in [0.1, 0.15) is 43.8 Å². The Kier molecular flexibility index (Phi) is 7.39. The Labute approximate surface area is 211 Å². The maximum absolute atomic E-state index is 14.7. The van der Waals surface area contributed by atoms with Crippen molar-refractivity contribution in [2.24, 2.45) is 0 Å². The molecule has 7 heteroatoms. The molecule has 0 aliphatic carbocycles. The van der Waals surface area contributed by atoms with Gasteiger partial charge in [0.05, 0.1) is 6.61 Å². The quantitative estimate of drug-likeness (QED) is 0.357. The lowest BCUT2D eigenvalue weighted by molar-refractivity contribution is -0.150. The molecule has 4 rings (SSSR count). The monoisotopic (exact) mass is 503 g/mol. The molecular weight excluding hydrogens is 473 g/mol. The number of hydrogen-bond donors (Lipinski definition) is 0. The predicted molar refractivity (Wildman–Crippen MR) is 141 cm³/mol. The summed E-state index contributed by atoms with van der Waals surface area (Å²) in [5.41, 5.74) is 2.00. The van der Waals surface area contributed by atoms with Gasteiger partial charge in [-0.25, -0.2) is 0 Å². The largest absolute Gasteiger partial charge is 0.366 e. The van der Waals surface area contributed by atoms with Crippen LogP contribution in [0.3, 0.4) is 0 Å². The van der Waals surface area contributed by atoms with Gasteiger partial charge in [0.1, 0.15) is 6.10 Å². The predicted octanol–water partition coefficient (Wildman–Crippen LogP) is 4.20. The number of ether oxygens (including phenoxy) is 1. The van der Waals surface area contributed by atoms with Gasteiger partial charge in [0.15, 0.2) is 5.78 Å². The van der Waals surface area contributed by atoms with Crippen LogP contribution in [-0.2, 0) is 14.1 Å². The van der Waals surface area contributed by atoms with Crippen molar-refractivity contribution in [3.63, 3.8) is 0 Å². The number of benzene rings is 3. The molecule has 6 nitrogen and oxygen atoms in total. The zero-order valence-electron chi connectivity index (χ0n) is 21.0. The fourth-order valence-electron chi connectivity index (χ4n) is 4.94. The van der Waals surface area contributed by atoms with E-state index in [2.05, 4.69) is 0 Å². The summed E-state index contributed by atoms with van der Waals surface area (Å²) in [4.78, 5) is 41.7. The van der Waals surface area contributed by atoms with Crippen LogP contribution in [0.5, 0.6) is 0 Å². The van der Waals surface area contributed by atoms with Gasteiger partial charge in [-0.05, 0) is 37.5 Å². The summed E-state index contributed by atoms with van der Waals surface area (Å²) in [5, 5.41) is 0.885. The van der Waals surface area contributed by atoms with E-state index in [-0.39, 0.29) is 23.7 Å². The highest BCUT2D eigenvalue weighted by Gasteiger charge is 2.39. The number of hydrogen-bond acceptors (Lipinski definition) is 5. The molecule has 36 heavy (non-hydrogen) atoms. The van der Waals surface area contributed by atoms with E-state index in [1.54, 1.807) is 80.4 Å². The number of carbonyl (C=O) groups is 3. The van der Waals surface area contributed by atoms with Crippen LogP contribution < -0.4 is 10.6 Å². The standard InChI is InChI=1S/C29H30NO5P/c1-19-17-20(2)27(21(3)26(19)24(31)18-25-28(32)30(4)15-16-35-25)29(33)36(34,22-11-7-5-8-12-22)23-13-9-6-10-14-23/h5-14,17,25H,15-16,18H2,1-4H3. The van der Waals surface area contributed by atoms with Crippen LogP contribution >= 0.6 is 7.14 Å². The molecule has 1 aliphatic rings. The first-order chi connectivity index (χ1) is 17.2. The van der Waals surface area contributed by atoms with E-state index in [1.807, 2.05) is 19.1 Å². The summed E-state index contributed by atoms with van der Waals surface area (Å²) in [6, 6.07) is 19.3. The molecular formula is C29H30NO5P. The molecule has 1 heterocycles. The van der Waals surface area contributed by atoms with Gasteiger partial charge in [0.2, 0.25) is 12.7 Å². The number of ketones is 1. The average Bonchev–Trinajstić information content (AvgIpc) is 2.87. The lowest BCUT2D eigenvalue weighted by Crippen LogP contribution is -2.46. The van der Waals surface area contributed by atoms with Gasteiger partial charge in [-0.1, -0.05) is 66.7 Å². The van der Waals surface area contributed by atoms with E-state index in [9.17, 15) is 18.9 Å². The van der Waals surface area contributed by atoms with E-state index >= 15 is 0 Å². The van der Waals surface area contributed by atoms with Crippen molar-refractivity contribution in [1.29, 1.82) is 0 Å². The molecule has 0 saturated carbocycles. The minimum Gasteiger partial charge on any atom is -0.366 e. The van der Waals surface area contributed by atoms with Crippen molar-refractivity contribution >= 4 is 35.0 Å². The molecule has 0 aromatic heterocycles. The molecule has 1 atom stereocenters. The fourth-order valence-corrected chi connectivity index (χ4v) is 7.55. The van der Waals surface area contributed by atoms with Crippen LogP contribution in [0.4, 0.5) is 0 Å². The summed E-state index contributed by atoms with van der Waals surface area (Å²) in [6.45, 7) is 6.18. The third kappa shape index (κ3) is 4.59. The minimum atomic E-state index is -3.74. The van der Waals surface area contributed by atoms with Crippen LogP contribution in [-0.4, -0.2) is 48.4 Å². The normalized spacial score (nSPS) is 16.2. The number of amides is 1. The Morgan fingerprint density at radius 1 is 0.917 bits per heavy atom. The van der Waals surface area contributed by atoms with Gasteiger partial charge in [0, 0.05) is 41.7 Å². The Bertz CT molecular complexity index is 1320. The summed E-state index contributed by atoms with van der Waals surface area (Å²) in [6.07, 6.45) is -0.966. The Morgan fingerprint density at radius 3 is 2.00 bits per heavy atom. The smallest absolute Gasteiger partial charge is 0.251 e. The molecule has 1 fully saturated rings. The summed E-state index contributed by atoms with van der Waals surface area (Å²) >= 11 is 0. The first-order valence-corrected chi connectivity index (χ1v) is 13.6. The van der Waals surface area contributed by atoms with Crippen molar-refractivity contribution in [2.45, 2.75) is 33.3 Å². The molecule has 1 saturated heterocycles. The highest BCUT2D eigenvalue weighted by Crippen LogP contribution is 2.48. The molecule has 1 unspecified atom stereocenters. The number of nitrogens with zero attached hydrogens (tertiary/aromatic N) is 1. The second-order valence-corrected chi connectivity index (χ2v) is 11.9. The fraction of sp³-hybridized carbons (Fsp3) is 0.276. The highest BCUT2D eigenvalue weighted by molar-refractivity contribution is 7.93. The molecule has 3 aromatic rings. The van der Waals surface area contributed by atoms with Crippen LogP contribution in [0.2, 0.25) is 0 Å². The number of rotatable bonds is 7. The van der Waals surface area contributed by atoms with Gasteiger partial charge in [-0.3, -0.25) is 14.4 Å². The third-order valence-electron chi connectivity index (χ3n) is 6.76. The molecule has 0 N–H and O–H groups in total. The summed E-state index contributed by atoms with van der Waals surface area (Å²) in [7, 11) is -2.06.